The first-order valence-corrected chi connectivity index (χ1v) is 9.42. The van der Waals surface area contributed by atoms with Gasteiger partial charge in [0.15, 0.2) is 4.90 Å². The van der Waals surface area contributed by atoms with E-state index in [1.807, 2.05) is 12.1 Å². The van der Waals surface area contributed by atoms with Crippen molar-refractivity contribution in [3.63, 3.8) is 0 Å². The Morgan fingerprint density at radius 1 is 0.960 bits per heavy atom. The van der Waals surface area contributed by atoms with Crippen LogP contribution in [-0.4, -0.2) is 19.5 Å². The van der Waals surface area contributed by atoms with E-state index in [0.717, 1.165) is 5.75 Å². The van der Waals surface area contributed by atoms with Crippen LogP contribution < -0.4 is 17.1 Å². The largest absolute Gasteiger partial charge is 1.00 e. The molecule has 1 unspecified atom stereocenters. The van der Waals surface area contributed by atoms with Gasteiger partial charge >= 0.3 is 6.16 Å². The molecule has 3 aromatic carbocycles. The third kappa shape index (κ3) is 4.68. The van der Waals surface area contributed by atoms with Crippen molar-refractivity contribution in [2.24, 2.45) is 0 Å². The van der Waals surface area contributed by atoms with Crippen molar-refractivity contribution in [3.05, 3.63) is 72.3 Å². The molecule has 0 aliphatic rings. The van der Waals surface area contributed by atoms with Crippen molar-refractivity contribution >= 4 is 27.8 Å². The van der Waals surface area contributed by atoms with Crippen LogP contribution in [0.1, 0.15) is 5.56 Å². The van der Waals surface area contributed by atoms with E-state index < -0.39 is 6.16 Å². The molecular formula is C20H19ClO3S. The molecule has 0 fully saturated rings. The van der Waals surface area contributed by atoms with Crippen molar-refractivity contribution in [2.45, 2.75) is 10.6 Å². The molecule has 0 heterocycles. The fourth-order valence-corrected chi connectivity index (χ4v) is 4.10. The van der Waals surface area contributed by atoms with Crippen molar-refractivity contribution in [2.75, 3.05) is 13.4 Å². The summed E-state index contributed by atoms with van der Waals surface area (Å²) < 4.78 is 9.51. The van der Waals surface area contributed by atoms with Crippen LogP contribution in [0.3, 0.4) is 0 Å². The lowest BCUT2D eigenvalue weighted by atomic mass is 10.1. The van der Waals surface area contributed by atoms with Gasteiger partial charge in [-0.2, -0.15) is 0 Å². The predicted octanol–water partition coefficient (Wildman–Crippen LogP) is 1.80. The number of rotatable bonds is 4. The maximum absolute atomic E-state index is 11.1. The molecule has 0 aromatic heterocycles. The Kier molecular flexibility index (Phi) is 6.73. The number of carbonyl (C=O) groups excluding carboxylic acids is 1. The van der Waals surface area contributed by atoms with E-state index in [-0.39, 0.29) is 23.3 Å². The van der Waals surface area contributed by atoms with Gasteiger partial charge in [0.25, 0.3) is 0 Å². The smallest absolute Gasteiger partial charge is 0.513 e. The highest BCUT2D eigenvalue weighted by Crippen LogP contribution is 2.25. The first-order chi connectivity index (χ1) is 11.7. The van der Waals surface area contributed by atoms with Gasteiger partial charge in [0.05, 0.1) is 7.11 Å². The Hall–Kier alpha value is -2.17. The summed E-state index contributed by atoms with van der Waals surface area (Å²) in [5, 5.41) is 2.58. The fraction of sp³-hybridized carbons (Fsp3) is 0.150. The van der Waals surface area contributed by atoms with Crippen LogP contribution in [0.4, 0.5) is 4.79 Å². The van der Waals surface area contributed by atoms with E-state index in [9.17, 15) is 4.79 Å². The van der Waals surface area contributed by atoms with Crippen LogP contribution in [0.2, 0.25) is 0 Å². The van der Waals surface area contributed by atoms with Crippen molar-refractivity contribution in [3.8, 4) is 5.75 Å². The second kappa shape index (κ2) is 8.79. The predicted molar refractivity (Wildman–Crippen MR) is 98.7 cm³/mol. The van der Waals surface area contributed by atoms with Gasteiger partial charge in [-0.3, -0.25) is 0 Å². The molecule has 0 amide bonds. The van der Waals surface area contributed by atoms with Crippen LogP contribution in [0.25, 0.3) is 10.8 Å². The van der Waals surface area contributed by atoms with E-state index in [1.54, 1.807) is 12.1 Å². The summed E-state index contributed by atoms with van der Waals surface area (Å²) in [6.45, 7) is 0. The Morgan fingerprint density at radius 2 is 1.64 bits per heavy atom. The molecule has 0 N–H and O–H groups in total. The monoisotopic (exact) mass is 374 g/mol. The summed E-state index contributed by atoms with van der Waals surface area (Å²) in [6, 6.07) is 22.5. The number of methoxy groups -OCH3 is 1. The van der Waals surface area contributed by atoms with Gasteiger partial charge in [-0.05, 0) is 35.0 Å². The Labute approximate surface area is 156 Å². The van der Waals surface area contributed by atoms with Gasteiger partial charge in [-0.1, -0.05) is 42.5 Å². The molecule has 25 heavy (non-hydrogen) atoms. The van der Waals surface area contributed by atoms with Gasteiger partial charge in [-0.15, -0.1) is 0 Å². The van der Waals surface area contributed by atoms with E-state index in [1.165, 1.54) is 28.3 Å². The fourth-order valence-electron chi connectivity index (χ4n) is 2.61. The average molecular weight is 375 g/mol. The van der Waals surface area contributed by atoms with Gasteiger partial charge in [0.2, 0.25) is 0 Å². The highest BCUT2D eigenvalue weighted by Gasteiger charge is 2.18. The number of benzene rings is 3. The Bertz CT molecular complexity index is 844. The van der Waals surface area contributed by atoms with Gasteiger partial charge in [-0.25, -0.2) is 4.79 Å². The number of fused-ring (bicyclic) bond motifs is 1. The van der Waals surface area contributed by atoms with E-state index in [0.29, 0.717) is 5.75 Å². The molecular weight excluding hydrogens is 356 g/mol. The van der Waals surface area contributed by atoms with Crippen LogP contribution >= 0.6 is 0 Å². The van der Waals surface area contributed by atoms with Crippen LogP contribution in [0.5, 0.6) is 5.75 Å². The molecule has 0 saturated carbocycles. The van der Waals surface area contributed by atoms with Gasteiger partial charge in [0.1, 0.15) is 17.8 Å². The first-order valence-electron chi connectivity index (χ1n) is 7.62. The SMILES string of the molecule is COC(=O)Oc1ccc([S+](C)Cc2cccc3ccccc23)cc1.[Cl-]. The maximum atomic E-state index is 11.1. The zero-order chi connectivity index (χ0) is 16.9. The molecule has 1 atom stereocenters. The number of halogens is 1. The second-order valence-corrected chi connectivity index (χ2v) is 7.48. The lowest BCUT2D eigenvalue weighted by Crippen LogP contribution is -3.00. The lowest BCUT2D eigenvalue weighted by Gasteiger charge is -2.08. The molecule has 0 aliphatic heterocycles. The summed E-state index contributed by atoms with van der Waals surface area (Å²) in [4.78, 5) is 12.4. The molecule has 0 saturated heterocycles. The highest BCUT2D eigenvalue weighted by atomic mass is 35.5. The Morgan fingerprint density at radius 3 is 2.36 bits per heavy atom. The lowest BCUT2D eigenvalue weighted by molar-refractivity contribution is -0.0000136. The second-order valence-electron chi connectivity index (χ2n) is 5.45. The molecule has 0 radical (unpaired) electrons. The summed E-state index contributed by atoms with van der Waals surface area (Å²) in [6.07, 6.45) is 1.53. The average Bonchev–Trinajstić information content (AvgIpc) is 2.62. The van der Waals surface area contributed by atoms with Crippen molar-refractivity contribution < 1.29 is 26.7 Å². The molecule has 3 rings (SSSR count). The minimum atomic E-state index is -0.700. The summed E-state index contributed by atoms with van der Waals surface area (Å²) in [7, 11) is 1.36. The van der Waals surface area contributed by atoms with Gasteiger partial charge < -0.3 is 21.9 Å². The maximum Gasteiger partial charge on any atom is 0.513 e. The minimum Gasteiger partial charge on any atom is -1.00 e. The van der Waals surface area contributed by atoms with E-state index in [4.69, 9.17) is 4.74 Å². The quantitative estimate of drug-likeness (QED) is 0.397. The summed E-state index contributed by atoms with van der Waals surface area (Å²) in [5.74, 6) is 1.48. The first kappa shape index (κ1) is 19.2. The number of hydrogen-bond acceptors (Lipinski definition) is 3. The molecule has 0 spiro atoms. The number of hydrogen-bond donors (Lipinski definition) is 0. The summed E-state index contributed by atoms with van der Waals surface area (Å²) in [5.41, 5.74) is 1.36. The van der Waals surface area contributed by atoms with E-state index >= 15 is 0 Å². The van der Waals surface area contributed by atoms with Crippen molar-refractivity contribution in [1.29, 1.82) is 0 Å². The highest BCUT2D eigenvalue weighted by molar-refractivity contribution is 7.95. The molecule has 3 nitrogen and oxygen atoms in total. The third-order valence-corrected chi connectivity index (χ3v) is 5.67. The minimum absolute atomic E-state index is 0. The Balaban J connectivity index is 0.00000225. The van der Waals surface area contributed by atoms with E-state index in [2.05, 4.69) is 53.5 Å². The zero-order valence-corrected chi connectivity index (χ0v) is 15.6. The molecule has 130 valence electrons. The molecule has 0 aliphatic carbocycles. The van der Waals surface area contributed by atoms with Crippen molar-refractivity contribution in [1.82, 2.24) is 0 Å². The standard InChI is InChI=1S/C20H19O3S.ClH/c1-22-20(21)23-17-10-12-18(13-11-17)24(2)14-16-8-5-7-15-6-3-4-9-19(15)16;/h3-13H,14H2,1-2H3;1H/q+1;/p-1. The third-order valence-electron chi connectivity index (χ3n) is 3.85. The van der Waals surface area contributed by atoms with Crippen LogP contribution in [-0.2, 0) is 21.4 Å². The van der Waals surface area contributed by atoms with Crippen LogP contribution in [0, 0.1) is 0 Å². The van der Waals surface area contributed by atoms with Gasteiger partial charge in [0, 0.05) is 16.5 Å². The van der Waals surface area contributed by atoms with Crippen LogP contribution in [0.15, 0.2) is 71.6 Å². The topological polar surface area (TPSA) is 35.5 Å². The zero-order valence-electron chi connectivity index (χ0n) is 14.1. The molecule has 5 heteroatoms. The number of carbonyl (C=O) groups is 1. The number of ether oxygens (including phenoxy) is 2. The normalized spacial score (nSPS) is 11.4. The summed E-state index contributed by atoms with van der Waals surface area (Å²) >= 11 is 0. The molecule has 0 bridgehead atoms. The molecule has 3 aromatic rings.